The number of hydrogen-bond donors (Lipinski definition) is 3. The molecule has 0 unspecified atom stereocenters. The third-order valence-electron chi connectivity index (χ3n) is 4.19. The summed E-state index contributed by atoms with van der Waals surface area (Å²) in [7, 11) is -4.43. The smallest absolute Gasteiger partial charge is 0.354 e. The molecule has 0 aromatic carbocycles. The summed E-state index contributed by atoms with van der Waals surface area (Å²) < 4.78 is 14.7. The van der Waals surface area contributed by atoms with E-state index in [-0.39, 0.29) is 19.1 Å². The molecule has 150 valence electrons. The Balaban J connectivity index is 3.20. The molecule has 0 aliphatic rings. The SMILES string of the molecule is CCCCCCCCCCCCCCCC(=O)NCCOP(=O)(O)O. The van der Waals surface area contributed by atoms with Gasteiger partial charge in [0.25, 0.3) is 0 Å². The van der Waals surface area contributed by atoms with Crippen LogP contribution in [0.5, 0.6) is 0 Å². The summed E-state index contributed by atoms with van der Waals surface area (Å²) >= 11 is 0. The molecule has 0 aliphatic carbocycles. The first-order valence-corrected chi connectivity index (χ1v) is 11.5. The van der Waals surface area contributed by atoms with Crippen molar-refractivity contribution in [3.63, 3.8) is 0 Å². The van der Waals surface area contributed by atoms with Crippen molar-refractivity contribution >= 4 is 13.7 Å². The van der Waals surface area contributed by atoms with E-state index in [9.17, 15) is 9.36 Å². The second-order valence-corrected chi connectivity index (χ2v) is 7.91. The lowest BCUT2D eigenvalue weighted by molar-refractivity contribution is -0.121. The molecule has 25 heavy (non-hydrogen) atoms. The minimum absolute atomic E-state index is 0.0858. The lowest BCUT2D eigenvalue weighted by atomic mass is 10.0. The maximum Gasteiger partial charge on any atom is 0.469 e. The fourth-order valence-electron chi connectivity index (χ4n) is 2.75. The van der Waals surface area contributed by atoms with Gasteiger partial charge in [-0.25, -0.2) is 4.57 Å². The Bertz CT molecular complexity index is 359. The molecule has 0 aliphatic heterocycles. The van der Waals surface area contributed by atoms with E-state index in [1.54, 1.807) is 0 Å². The van der Waals surface area contributed by atoms with Crippen LogP contribution in [0.15, 0.2) is 0 Å². The van der Waals surface area contributed by atoms with Crippen LogP contribution in [-0.2, 0) is 13.9 Å². The van der Waals surface area contributed by atoms with Gasteiger partial charge in [0.1, 0.15) is 0 Å². The highest BCUT2D eigenvalue weighted by molar-refractivity contribution is 7.46. The first kappa shape index (κ1) is 24.6. The van der Waals surface area contributed by atoms with Crippen molar-refractivity contribution in [2.75, 3.05) is 13.2 Å². The first-order valence-electron chi connectivity index (χ1n) is 9.92. The van der Waals surface area contributed by atoms with Crippen molar-refractivity contribution in [1.29, 1.82) is 0 Å². The van der Waals surface area contributed by atoms with Crippen LogP contribution in [0.3, 0.4) is 0 Å². The van der Waals surface area contributed by atoms with E-state index in [2.05, 4.69) is 16.8 Å². The van der Waals surface area contributed by atoms with E-state index >= 15 is 0 Å². The zero-order valence-corrected chi connectivity index (χ0v) is 16.8. The number of unbranched alkanes of at least 4 members (excludes halogenated alkanes) is 12. The van der Waals surface area contributed by atoms with Gasteiger partial charge in [0, 0.05) is 13.0 Å². The predicted octanol–water partition coefficient (Wildman–Crippen LogP) is 4.69. The summed E-state index contributed by atoms with van der Waals surface area (Å²) in [5, 5.41) is 2.59. The van der Waals surface area contributed by atoms with Crippen molar-refractivity contribution < 1.29 is 23.7 Å². The summed E-state index contributed by atoms with van der Waals surface area (Å²) in [4.78, 5) is 28.5. The molecule has 0 spiro atoms. The number of nitrogens with one attached hydrogen (secondary N) is 1. The molecule has 0 rings (SSSR count). The maximum atomic E-state index is 11.5. The normalized spacial score (nSPS) is 11.6. The molecule has 0 aromatic rings. The van der Waals surface area contributed by atoms with Crippen LogP contribution < -0.4 is 5.32 Å². The number of amides is 1. The highest BCUT2D eigenvalue weighted by Crippen LogP contribution is 2.35. The molecular formula is C18H38NO5P. The standard InChI is InChI=1S/C18H38NO5P/c1-2-3-4-5-6-7-8-9-10-11-12-13-14-15-18(20)19-16-17-24-25(21,22)23/h2-17H2,1H3,(H,19,20)(H2,21,22,23). The monoisotopic (exact) mass is 379 g/mol. The first-order chi connectivity index (χ1) is 12.0. The Hall–Kier alpha value is -0.420. The number of carbonyl (C=O) groups excluding carboxylic acids is 1. The van der Waals surface area contributed by atoms with E-state index in [1.807, 2.05) is 0 Å². The molecule has 0 saturated carbocycles. The van der Waals surface area contributed by atoms with Gasteiger partial charge in [-0.2, -0.15) is 0 Å². The van der Waals surface area contributed by atoms with Crippen LogP contribution in [-0.4, -0.2) is 28.8 Å². The van der Waals surface area contributed by atoms with Crippen molar-refractivity contribution in [2.24, 2.45) is 0 Å². The van der Waals surface area contributed by atoms with E-state index in [0.29, 0.717) is 6.42 Å². The van der Waals surface area contributed by atoms with E-state index in [4.69, 9.17) is 9.79 Å². The molecule has 1 amide bonds. The fourth-order valence-corrected chi connectivity index (χ4v) is 3.08. The van der Waals surface area contributed by atoms with Crippen molar-refractivity contribution in [2.45, 2.75) is 96.8 Å². The number of carbonyl (C=O) groups is 1. The molecule has 0 heterocycles. The van der Waals surface area contributed by atoms with Gasteiger partial charge in [0.15, 0.2) is 0 Å². The molecule has 0 bridgehead atoms. The molecule has 7 heteroatoms. The topological polar surface area (TPSA) is 95.9 Å². The Morgan fingerprint density at radius 3 is 1.72 bits per heavy atom. The summed E-state index contributed by atoms with van der Waals surface area (Å²) in [6, 6.07) is 0. The maximum absolute atomic E-state index is 11.5. The van der Waals surface area contributed by atoms with Gasteiger partial charge >= 0.3 is 7.82 Å². The average Bonchev–Trinajstić information content (AvgIpc) is 2.55. The van der Waals surface area contributed by atoms with E-state index < -0.39 is 7.82 Å². The molecule has 0 aromatic heterocycles. The summed E-state index contributed by atoms with van der Waals surface area (Å²) in [6.45, 7) is 2.20. The number of phosphoric acid groups is 1. The van der Waals surface area contributed by atoms with Gasteiger partial charge < -0.3 is 15.1 Å². The zero-order valence-electron chi connectivity index (χ0n) is 15.9. The minimum Gasteiger partial charge on any atom is -0.354 e. The van der Waals surface area contributed by atoms with E-state index in [0.717, 1.165) is 12.8 Å². The molecule has 0 fully saturated rings. The summed E-state index contributed by atoms with van der Waals surface area (Å²) in [5.41, 5.74) is 0. The quantitative estimate of drug-likeness (QED) is 0.237. The highest BCUT2D eigenvalue weighted by atomic mass is 31.2. The predicted molar refractivity (Wildman–Crippen MR) is 101 cm³/mol. The van der Waals surface area contributed by atoms with Crippen LogP contribution in [0, 0.1) is 0 Å². The van der Waals surface area contributed by atoms with Crippen LogP contribution in [0.4, 0.5) is 0 Å². The van der Waals surface area contributed by atoms with Crippen molar-refractivity contribution in [3.8, 4) is 0 Å². The minimum atomic E-state index is -4.43. The van der Waals surface area contributed by atoms with Gasteiger partial charge in [-0.15, -0.1) is 0 Å². The third-order valence-corrected chi connectivity index (χ3v) is 4.71. The largest absolute Gasteiger partial charge is 0.469 e. The van der Waals surface area contributed by atoms with Gasteiger partial charge in [-0.3, -0.25) is 9.32 Å². The fraction of sp³-hybridized carbons (Fsp3) is 0.944. The third kappa shape index (κ3) is 21.5. The van der Waals surface area contributed by atoms with Crippen LogP contribution in [0.2, 0.25) is 0 Å². The summed E-state index contributed by atoms with van der Waals surface area (Å²) in [6.07, 6.45) is 17.0. The van der Waals surface area contributed by atoms with Crippen molar-refractivity contribution in [1.82, 2.24) is 5.32 Å². The Morgan fingerprint density at radius 2 is 1.28 bits per heavy atom. The van der Waals surface area contributed by atoms with Gasteiger partial charge in [0.2, 0.25) is 5.91 Å². The number of rotatable bonds is 18. The Kier molecular flexibility index (Phi) is 16.7. The van der Waals surface area contributed by atoms with Crippen LogP contribution >= 0.6 is 7.82 Å². The number of phosphoric ester groups is 1. The Labute approximate surface area is 153 Å². The second-order valence-electron chi connectivity index (χ2n) is 6.67. The number of hydrogen-bond acceptors (Lipinski definition) is 3. The lowest BCUT2D eigenvalue weighted by Crippen LogP contribution is -2.26. The lowest BCUT2D eigenvalue weighted by Gasteiger charge is -2.07. The van der Waals surface area contributed by atoms with Crippen molar-refractivity contribution in [3.05, 3.63) is 0 Å². The summed E-state index contributed by atoms with van der Waals surface area (Å²) in [5.74, 6) is -0.0858. The van der Waals surface area contributed by atoms with E-state index in [1.165, 1.54) is 70.6 Å². The second kappa shape index (κ2) is 17.0. The molecule has 0 saturated heterocycles. The van der Waals surface area contributed by atoms with Crippen LogP contribution in [0.25, 0.3) is 0 Å². The molecule has 0 radical (unpaired) electrons. The highest BCUT2D eigenvalue weighted by Gasteiger charge is 2.12. The Morgan fingerprint density at radius 1 is 0.840 bits per heavy atom. The van der Waals surface area contributed by atoms with Gasteiger partial charge in [0.05, 0.1) is 6.61 Å². The van der Waals surface area contributed by atoms with Gasteiger partial charge in [-0.1, -0.05) is 84.0 Å². The van der Waals surface area contributed by atoms with Gasteiger partial charge in [-0.05, 0) is 6.42 Å². The molecule has 3 N–H and O–H groups in total. The molecule has 6 nitrogen and oxygen atoms in total. The average molecular weight is 379 g/mol. The molecule has 0 atom stereocenters. The zero-order chi connectivity index (χ0) is 18.8. The van der Waals surface area contributed by atoms with Crippen LogP contribution in [0.1, 0.15) is 96.8 Å². The molecular weight excluding hydrogens is 341 g/mol.